The Labute approximate surface area is 166 Å². The number of hydrogen-bond acceptors (Lipinski definition) is 5. The lowest BCUT2D eigenvalue weighted by atomic mass is 9.87. The van der Waals surface area contributed by atoms with Crippen LogP contribution < -0.4 is 5.73 Å². The van der Waals surface area contributed by atoms with Gasteiger partial charge in [0.25, 0.3) is 20.2 Å². The van der Waals surface area contributed by atoms with Crippen molar-refractivity contribution >= 4 is 20.2 Å². The van der Waals surface area contributed by atoms with Gasteiger partial charge in [-0.25, -0.2) is 0 Å². The predicted octanol–water partition coefficient (Wildman–Crippen LogP) is 3.94. The SMILES string of the molecule is CCCCCCCCCCCCCC(N)(CCS(=O)(=O)O)CCS(=O)(=O)O. The minimum atomic E-state index is -4.16. The average Bonchev–Trinajstić information content (AvgIpc) is 2.55. The molecule has 9 heteroatoms. The van der Waals surface area contributed by atoms with Gasteiger partial charge < -0.3 is 5.73 Å². The third-order valence-electron chi connectivity index (χ3n) is 4.99. The first-order valence-corrected chi connectivity index (χ1v) is 13.4. The van der Waals surface area contributed by atoms with Crippen LogP contribution in [0.1, 0.15) is 96.8 Å². The summed E-state index contributed by atoms with van der Waals surface area (Å²) in [6.45, 7) is 2.21. The second-order valence-electron chi connectivity index (χ2n) is 7.72. The largest absolute Gasteiger partial charge is 0.325 e. The van der Waals surface area contributed by atoms with E-state index in [0.29, 0.717) is 6.42 Å². The van der Waals surface area contributed by atoms with Gasteiger partial charge in [0, 0.05) is 5.54 Å². The molecule has 7 nitrogen and oxygen atoms in total. The van der Waals surface area contributed by atoms with Gasteiger partial charge in [-0.1, -0.05) is 77.6 Å². The zero-order valence-electron chi connectivity index (χ0n) is 16.7. The van der Waals surface area contributed by atoms with E-state index in [-0.39, 0.29) is 12.8 Å². The smallest absolute Gasteiger partial charge is 0.264 e. The highest BCUT2D eigenvalue weighted by Gasteiger charge is 2.28. The van der Waals surface area contributed by atoms with Crippen LogP contribution in [0.2, 0.25) is 0 Å². The zero-order valence-corrected chi connectivity index (χ0v) is 18.4. The molecule has 4 N–H and O–H groups in total. The van der Waals surface area contributed by atoms with E-state index in [9.17, 15) is 16.8 Å². The highest BCUT2D eigenvalue weighted by Crippen LogP contribution is 2.23. The second kappa shape index (κ2) is 13.9. The van der Waals surface area contributed by atoms with Gasteiger partial charge in [0.2, 0.25) is 0 Å². The topological polar surface area (TPSA) is 135 Å². The van der Waals surface area contributed by atoms with E-state index in [1.165, 1.54) is 44.9 Å². The highest BCUT2D eigenvalue weighted by atomic mass is 32.2. The molecule has 0 bridgehead atoms. The summed E-state index contributed by atoms with van der Waals surface area (Å²) in [7, 11) is -8.31. The normalized spacial score (nSPS) is 13.2. The van der Waals surface area contributed by atoms with E-state index in [1.54, 1.807) is 0 Å². The fourth-order valence-electron chi connectivity index (χ4n) is 3.18. The first-order chi connectivity index (χ1) is 12.5. The Morgan fingerprint density at radius 3 is 1.30 bits per heavy atom. The second-order valence-corrected chi connectivity index (χ2v) is 10.9. The van der Waals surface area contributed by atoms with Crippen LogP contribution in [0.3, 0.4) is 0 Å². The van der Waals surface area contributed by atoms with Crippen molar-refractivity contribution in [1.82, 2.24) is 0 Å². The molecule has 0 aromatic heterocycles. The van der Waals surface area contributed by atoms with Crippen molar-refractivity contribution in [3.63, 3.8) is 0 Å². The van der Waals surface area contributed by atoms with Crippen LogP contribution in [-0.2, 0) is 20.2 Å². The molecule has 0 spiro atoms. The van der Waals surface area contributed by atoms with Gasteiger partial charge in [-0.15, -0.1) is 0 Å². The minimum Gasteiger partial charge on any atom is -0.325 e. The van der Waals surface area contributed by atoms with Gasteiger partial charge in [0.05, 0.1) is 11.5 Å². The molecule has 0 rings (SSSR count). The van der Waals surface area contributed by atoms with Gasteiger partial charge in [0.15, 0.2) is 0 Å². The highest BCUT2D eigenvalue weighted by molar-refractivity contribution is 7.86. The van der Waals surface area contributed by atoms with Gasteiger partial charge in [-0.2, -0.15) is 16.8 Å². The number of unbranched alkanes of at least 4 members (excludes halogenated alkanes) is 10. The zero-order chi connectivity index (χ0) is 20.8. The molecule has 27 heavy (non-hydrogen) atoms. The Balaban J connectivity index is 4.07. The molecule has 0 aromatic rings. The van der Waals surface area contributed by atoms with Crippen LogP contribution in [0.4, 0.5) is 0 Å². The number of rotatable bonds is 18. The van der Waals surface area contributed by atoms with Gasteiger partial charge in [-0.3, -0.25) is 9.11 Å². The van der Waals surface area contributed by atoms with Crippen molar-refractivity contribution in [2.75, 3.05) is 11.5 Å². The number of hydrogen-bond donors (Lipinski definition) is 3. The third-order valence-corrected chi connectivity index (χ3v) is 6.43. The quantitative estimate of drug-likeness (QED) is 0.222. The average molecular weight is 430 g/mol. The lowest BCUT2D eigenvalue weighted by Gasteiger charge is -2.29. The summed E-state index contributed by atoms with van der Waals surface area (Å²) in [5.41, 5.74) is 5.16. The molecule has 0 aromatic carbocycles. The first-order valence-electron chi connectivity index (χ1n) is 10.2. The standard InChI is InChI=1S/C18H39NO6S2/c1-2-3-4-5-6-7-8-9-10-11-12-13-18(19,14-16-26(20,21)22)15-17-27(23,24)25/h2-17,19H2,1H3,(H,20,21,22)(H,23,24,25). The van der Waals surface area contributed by atoms with Crippen LogP contribution in [0.15, 0.2) is 0 Å². The summed E-state index contributed by atoms with van der Waals surface area (Å²) in [5, 5.41) is 0. The van der Waals surface area contributed by atoms with Crippen molar-refractivity contribution in [3.05, 3.63) is 0 Å². The Morgan fingerprint density at radius 2 is 0.963 bits per heavy atom. The van der Waals surface area contributed by atoms with Crippen LogP contribution in [0, 0.1) is 0 Å². The summed E-state index contributed by atoms with van der Waals surface area (Å²) in [6, 6.07) is 0. The molecular formula is C18H39NO6S2. The summed E-state index contributed by atoms with van der Waals surface area (Å²) in [6.07, 6.45) is 13.3. The molecule has 0 saturated carbocycles. The lowest BCUT2D eigenvalue weighted by Crippen LogP contribution is -2.43. The van der Waals surface area contributed by atoms with Crippen molar-refractivity contribution < 1.29 is 25.9 Å². The molecule has 0 heterocycles. The van der Waals surface area contributed by atoms with Gasteiger partial charge in [-0.05, 0) is 19.3 Å². The molecule has 0 aliphatic rings. The fourth-order valence-corrected chi connectivity index (χ4v) is 4.51. The molecule has 0 radical (unpaired) electrons. The van der Waals surface area contributed by atoms with Crippen LogP contribution in [0.5, 0.6) is 0 Å². The molecule has 164 valence electrons. The molecule has 0 fully saturated rings. The summed E-state index contributed by atoms with van der Waals surface area (Å²) >= 11 is 0. The monoisotopic (exact) mass is 429 g/mol. The van der Waals surface area contributed by atoms with Gasteiger partial charge in [0.1, 0.15) is 0 Å². The van der Waals surface area contributed by atoms with Crippen LogP contribution >= 0.6 is 0 Å². The molecule has 0 unspecified atom stereocenters. The third kappa shape index (κ3) is 18.9. The maximum absolute atomic E-state index is 11.0. The molecular weight excluding hydrogens is 390 g/mol. The lowest BCUT2D eigenvalue weighted by molar-refractivity contribution is 0.343. The number of nitrogens with two attached hydrogens (primary N) is 1. The van der Waals surface area contributed by atoms with Gasteiger partial charge >= 0.3 is 0 Å². The summed E-state index contributed by atoms with van der Waals surface area (Å²) in [4.78, 5) is 0. The van der Waals surface area contributed by atoms with Crippen LogP contribution in [-0.4, -0.2) is 43.0 Å². The Kier molecular flexibility index (Phi) is 13.8. The molecule has 0 atom stereocenters. The predicted molar refractivity (Wildman–Crippen MR) is 110 cm³/mol. The van der Waals surface area contributed by atoms with E-state index in [2.05, 4.69) is 6.92 Å². The summed E-state index contributed by atoms with van der Waals surface area (Å²) in [5.74, 6) is -1.01. The van der Waals surface area contributed by atoms with Crippen molar-refractivity contribution in [2.24, 2.45) is 5.73 Å². The van der Waals surface area contributed by atoms with E-state index >= 15 is 0 Å². The minimum absolute atomic E-state index is 0.0287. The molecule has 0 aliphatic carbocycles. The maximum Gasteiger partial charge on any atom is 0.264 e. The Bertz CT molecular complexity index is 539. The fraction of sp³-hybridized carbons (Fsp3) is 1.00. The Morgan fingerprint density at radius 1 is 0.630 bits per heavy atom. The van der Waals surface area contributed by atoms with E-state index < -0.39 is 37.3 Å². The van der Waals surface area contributed by atoms with E-state index in [4.69, 9.17) is 14.8 Å². The Hall–Kier alpha value is -0.220. The van der Waals surface area contributed by atoms with Crippen molar-refractivity contribution in [3.8, 4) is 0 Å². The molecule has 0 aliphatic heterocycles. The molecule has 0 saturated heterocycles. The van der Waals surface area contributed by atoms with Crippen molar-refractivity contribution in [2.45, 2.75) is 102 Å². The summed E-state index contributed by atoms with van der Waals surface area (Å²) < 4.78 is 61.7. The van der Waals surface area contributed by atoms with E-state index in [1.807, 2.05) is 0 Å². The first kappa shape index (κ1) is 26.8. The van der Waals surface area contributed by atoms with Crippen molar-refractivity contribution in [1.29, 1.82) is 0 Å². The maximum atomic E-state index is 11.0. The molecule has 0 amide bonds. The van der Waals surface area contributed by atoms with Crippen LogP contribution in [0.25, 0.3) is 0 Å². The van der Waals surface area contributed by atoms with E-state index in [0.717, 1.165) is 25.7 Å².